The van der Waals surface area contributed by atoms with Crippen LogP contribution < -0.4 is 0 Å². The summed E-state index contributed by atoms with van der Waals surface area (Å²) in [6.07, 6.45) is 5.26. The molecule has 0 amide bonds. The lowest BCUT2D eigenvalue weighted by molar-refractivity contribution is -0.106. The first-order valence-electron chi connectivity index (χ1n) is 3.75. The van der Waals surface area contributed by atoms with E-state index in [-0.39, 0.29) is 0 Å². The monoisotopic (exact) mass is 139 g/mol. The van der Waals surface area contributed by atoms with Gasteiger partial charge < -0.3 is 4.90 Å². The van der Waals surface area contributed by atoms with Crippen LogP contribution in [0.3, 0.4) is 0 Å². The van der Waals surface area contributed by atoms with Gasteiger partial charge in [-0.3, -0.25) is 4.79 Å². The van der Waals surface area contributed by atoms with Crippen LogP contribution in [0.2, 0.25) is 0 Å². The Balaban J connectivity index is 2.53. The van der Waals surface area contributed by atoms with Gasteiger partial charge in [-0.15, -0.1) is 0 Å². The molecule has 0 radical (unpaired) electrons. The minimum atomic E-state index is 0.845. The summed E-state index contributed by atoms with van der Waals surface area (Å²) in [5.41, 5.74) is 0.845. The average Bonchev–Trinajstić information content (AvgIpc) is 2.43. The summed E-state index contributed by atoms with van der Waals surface area (Å²) in [6.45, 7) is 4.01. The van der Waals surface area contributed by atoms with E-state index in [9.17, 15) is 4.79 Å². The van der Waals surface area contributed by atoms with Gasteiger partial charge in [0.1, 0.15) is 0 Å². The number of allylic oxidation sites excluding steroid dienone is 2. The summed E-state index contributed by atoms with van der Waals surface area (Å²) in [6, 6.07) is 0. The maximum Gasteiger partial charge on any atom is 0.165 e. The molecule has 0 aliphatic carbocycles. The van der Waals surface area contributed by atoms with Crippen molar-refractivity contribution in [2.75, 3.05) is 13.1 Å². The van der Waals surface area contributed by atoms with Crippen LogP contribution in [0.1, 0.15) is 19.8 Å². The van der Waals surface area contributed by atoms with Crippen molar-refractivity contribution in [3.05, 3.63) is 11.8 Å². The third-order valence-corrected chi connectivity index (χ3v) is 1.89. The molecule has 1 heterocycles. The van der Waals surface area contributed by atoms with Crippen LogP contribution in [0.4, 0.5) is 0 Å². The molecule has 1 saturated heterocycles. The van der Waals surface area contributed by atoms with Gasteiger partial charge in [0.05, 0.1) is 5.70 Å². The van der Waals surface area contributed by atoms with Gasteiger partial charge in [0.15, 0.2) is 6.29 Å². The molecule has 1 aliphatic heterocycles. The first-order valence-corrected chi connectivity index (χ1v) is 3.75. The van der Waals surface area contributed by atoms with Crippen LogP contribution in [-0.4, -0.2) is 24.3 Å². The van der Waals surface area contributed by atoms with Gasteiger partial charge in [0.25, 0.3) is 0 Å². The van der Waals surface area contributed by atoms with E-state index in [4.69, 9.17) is 0 Å². The van der Waals surface area contributed by atoms with Crippen molar-refractivity contribution in [1.29, 1.82) is 0 Å². The Morgan fingerprint density at radius 2 is 2.00 bits per heavy atom. The second-order valence-electron chi connectivity index (χ2n) is 2.53. The molecule has 1 fully saturated rings. The quantitative estimate of drug-likeness (QED) is 0.423. The zero-order chi connectivity index (χ0) is 7.40. The Labute approximate surface area is 61.5 Å². The Morgan fingerprint density at radius 1 is 1.40 bits per heavy atom. The van der Waals surface area contributed by atoms with Crippen molar-refractivity contribution >= 4 is 6.29 Å². The van der Waals surface area contributed by atoms with Crippen molar-refractivity contribution in [3.8, 4) is 0 Å². The van der Waals surface area contributed by atoms with Gasteiger partial charge in [0.2, 0.25) is 0 Å². The third kappa shape index (κ3) is 1.38. The van der Waals surface area contributed by atoms with Gasteiger partial charge in [-0.1, -0.05) is 6.08 Å². The fourth-order valence-electron chi connectivity index (χ4n) is 1.30. The normalized spacial score (nSPS) is 19.7. The van der Waals surface area contributed by atoms with Gasteiger partial charge in [-0.05, 0) is 19.8 Å². The van der Waals surface area contributed by atoms with Crippen molar-refractivity contribution in [1.82, 2.24) is 4.90 Å². The smallest absolute Gasteiger partial charge is 0.165 e. The molecule has 1 aliphatic rings. The molecule has 0 bridgehead atoms. The first-order chi connectivity index (χ1) is 4.88. The van der Waals surface area contributed by atoms with Crippen LogP contribution in [-0.2, 0) is 4.79 Å². The number of nitrogens with zero attached hydrogens (tertiary/aromatic N) is 1. The Morgan fingerprint density at radius 3 is 2.40 bits per heavy atom. The third-order valence-electron chi connectivity index (χ3n) is 1.89. The summed E-state index contributed by atoms with van der Waals surface area (Å²) >= 11 is 0. The minimum Gasteiger partial charge on any atom is -0.369 e. The van der Waals surface area contributed by atoms with Gasteiger partial charge >= 0.3 is 0 Å². The van der Waals surface area contributed by atoms with Crippen molar-refractivity contribution < 1.29 is 4.79 Å². The molecule has 2 heteroatoms. The number of carbonyl (C=O) groups excluding carboxylic acids is 1. The van der Waals surface area contributed by atoms with E-state index >= 15 is 0 Å². The van der Waals surface area contributed by atoms with E-state index in [1.165, 1.54) is 12.8 Å². The van der Waals surface area contributed by atoms with E-state index in [2.05, 4.69) is 4.90 Å². The zero-order valence-electron chi connectivity index (χ0n) is 6.34. The van der Waals surface area contributed by atoms with Gasteiger partial charge in [-0.25, -0.2) is 0 Å². The largest absolute Gasteiger partial charge is 0.369 e. The molecule has 0 atom stereocenters. The van der Waals surface area contributed by atoms with Gasteiger partial charge in [0, 0.05) is 13.1 Å². The highest BCUT2D eigenvalue weighted by molar-refractivity contribution is 5.72. The topological polar surface area (TPSA) is 20.3 Å². The number of carbonyl (C=O) groups is 1. The Hall–Kier alpha value is -0.790. The molecular formula is C8H13NO. The van der Waals surface area contributed by atoms with Crippen LogP contribution in [0.25, 0.3) is 0 Å². The highest BCUT2D eigenvalue weighted by Crippen LogP contribution is 2.12. The lowest BCUT2D eigenvalue weighted by Crippen LogP contribution is -2.18. The first kappa shape index (κ1) is 7.32. The van der Waals surface area contributed by atoms with Crippen LogP contribution >= 0.6 is 0 Å². The molecular weight excluding hydrogens is 126 g/mol. The maximum atomic E-state index is 10.4. The van der Waals surface area contributed by atoms with E-state index in [1.54, 1.807) is 0 Å². The number of likely N-dealkylation sites (tertiary alicyclic amines) is 1. The molecule has 2 nitrogen and oxygen atoms in total. The number of hydrogen-bond donors (Lipinski definition) is 0. The molecule has 0 aromatic rings. The molecule has 1 rings (SSSR count). The standard InChI is InChI=1S/C8H13NO/c1-2-8(7-10)9-5-3-4-6-9/h2,7H,3-6H2,1H3. The highest BCUT2D eigenvalue weighted by atomic mass is 16.1. The SMILES string of the molecule is CC=C(C=O)N1CCCC1. The fraction of sp³-hybridized carbons (Fsp3) is 0.625. The van der Waals surface area contributed by atoms with Crippen LogP contribution in [0, 0.1) is 0 Å². The number of hydrogen-bond acceptors (Lipinski definition) is 2. The summed E-state index contributed by atoms with van der Waals surface area (Å²) < 4.78 is 0. The molecule has 56 valence electrons. The summed E-state index contributed by atoms with van der Waals surface area (Å²) in [5.74, 6) is 0. The van der Waals surface area contributed by atoms with E-state index < -0.39 is 0 Å². The summed E-state index contributed by atoms with van der Waals surface area (Å²) in [5, 5.41) is 0. The lowest BCUT2D eigenvalue weighted by Gasteiger charge is -2.15. The molecule has 0 saturated carbocycles. The predicted molar refractivity (Wildman–Crippen MR) is 40.6 cm³/mol. The molecule has 0 N–H and O–H groups in total. The molecule has 0 spiro atoms. The van der Waals surface area contributed by atoms with E-state index in [0.717, 1.165) is 25.1 Å². The fourth-order valence-corrected chi connectivity index (χ4v) is 1.30. The Bertz CT molecular complexity index is 145. The second kappa shape index (κ2) is 3.40. The lowest BCUT2D eigenvalue weighted by atomic mass is 10.4. The second-order valence-corrected chi connectivity index (χ2v) is 2.53. The molecule has 10 heavy (non-hydrogen) atoms. The molecule has 0 unspecified atom stereocenters. The minimum absolute atomic E-state index is 0.845. The van der Waals surface area contributed by atoms with Gasteiger partial charge in [-0.2, -0.15) is 0 Å². The highest BCUT2D eigenvalue weighted by Gasteiger charge is 2.12. The molecule has 0 aromatic carbocycles. The summed E-state index contributed by atoms with van der Waals surface area (Å²) in [7, 11) is 0. The number of aldehydes is 1. The van der Waals surface area contributed by atoms with Crippen molar-refractivity contribution in [3.63, 3.8) is 0 Å². The average molecular weight is 139 g/mol. The van der Waals surface area contributed by atoms with E-state index in [1.807, 2.05) is 13.0 Å². The maximum absolute atomic E-state index is 10.4. The predicted octanol–water partition coefficient (Wildman–Crippen LogP) is 1.18. The Kier molecular flexibility index (Phi) is 2.49. The zero-order valence-corrected chi connectivity index (χ0v) is 6.34. The number of rotatable bonds is 2. The molecule has 0 aromatic heterocycles. The summed E-state index contributed by atoms with van der Waals surface area (Å²) in [4.78, 5) is 12.5. The van der Waals surface area contributed by atoms with Crippen molar-refractivity contribution in [2.24, 2.45) is 0 Å². The van der Waals surface area contributed by atoms with Crippen LogP contribution in [0.15, 0.2) is 11.8 Å². The van der Waals surface area contributed by atoms with Crippen molar-refractivity contribution in [2.45, 2.75) is 19.8 Å². The van der Waals surface area contributed by atoms with E-state index in [0.29, 0.717) is 0 Å². The van der Waals surface area contributed by atoms with Crippen LogP contribution in [0.5, 0.6) is 0 Å².